The summed E-state index contributed by atoms with van der Waals surface area (Å²) >= 11 is 6.55. The molecule has 3 rings (SSSR count). The summed E-state index contributed by atoms with van der Waals surface area (Å²) in [4.78, 5) is 11.1. The van der Waals surface area contributed by atoms with Gasteiger partial charge in [-0.25, -0.2) is 4.79 Å². The molecule has 0 amide bonds. The van der Waals surface area contributed by atoms with Crippen molar-refractivity contribution in [1.29, 1.82) is 0 Å². The van der Waals surface area contributed by atoms with Gasteiger partial charge in [0.1, 0.15) is 0 Å². The van der Waals surface area contributed by atoms with Crippen LogP contribution in [0.4, 0.5) is 13.2 Å². The van der Waals surface area contributed by atoms with E-state index in [9.17, 15) is 18.0 Å². The highest BCUT2D eigenvalue weighted by atomic mass is 35.5. The average Bonchev–Trinajstić information content (AvgIpc) is 3.06. The third-order valence-corrected chi connectivity index (χ3v) is 6.66. The van der Waals surface area contributed by atoms with E-state index in [0.29, 0.717) is 29.4 Å². The van der Waals surface area contributed by atoms with E-state index >= 15 is 0 Å². The van der Waals surface area contributed by atoms with Crippen molar-refractivity contribution < 1.29 is 23.1 Å². The molecule has 1 saturated carbocycles. The van der Waals surface area contributed by atoms with Crippen molar-refractivity contribution in [3.63, 3.8) is 0 Å². The Balaban J connectivity index is 1.54. The highest BCUT2D eigenvalue weighted by Crippen LogP contribution is 2.41. The van der Waals surface area contributed by atoms with Crippen molar-refractivity contribution in [2.75, 3.05) is 0 Å². The molecule has 2 nitrogen and oxygen atoms in total. The third-order valence-electron chi connectivity index (χ3n) is 6.12. The fraction of sp³-hybridized carbons (Fsp3) is 0.458. The fourth-order valence-corrected chi connectivity index (χ4v) is 4.99. The molecular weight excluding hydrogens is 413 g/mol. The molecule has 0 bridgehead atoms. The largest absolute Gasteiger partial charge is 0.478 e. The van der Waals surface area contributed by atoms with Crippen LogP contribution in [0.5, 0.6) is 0 Å². The topological polar surface area (TPSA) is 37.3 Å². The summed E-state index contributed by atoms with van der Waals surface area (Å²) in [5.41, 5.74) is 1.41. The molecule has 1 unspecified atom stereocenters. The van der Waals surface area contributed by atoms with Crippen LogP contribution in [0.3, 0.4) is 0 Å². The lowest BCUT2D eigenvalue weighted by Crippen LogP contribution is -2.17. The van der Waals surface area contributed by atoms with Gasteiger partial charge in [-0.05, 0) is 86.1 Å². The van der Waals surface area contributed by atoms with Gasteiger partial charge in [-0.2, -0.15) is 13.2 Å². The minimum atomic E-state index is -4.32. The summed E-state index contributed by atoms with van der Waals surface area (Å²) in [6.45, 7) is 0. The molecule has 30 heavy (non-hydrogen) atoms. The molecule has 2 aromatic carbocycles. The van der Waals surface area contributed by atoms with E-state index in [1.54, 1.807) is 24.3 Å². The molecule has 0 aromatic heterocycles. The Morgan fingerprint density at radius 3 is 2.40 bits per heavy atom. The smallest absolute Gasteiger partial charge is 0.416 e. The number of aryl methyl sites for hydroxylation is 2. The number of halogens is 4. The Morgan fingerprint density at radius 1 is 1.00 bits per heavy atom. The summed E-state index contributed by atoms with van der Waals surface area (Å²) in [5.74, 6) is -0.167. The second kappa shape index (κ2) is 9.86. The molecule has 3 atom stereocenters. The molecule has 1 N–H and O–H groups in total. The van der Waals surface area contributed by atoms with E-state index in [0.717, 1.165) is 50.2 Å². The predicted octanol–water partition coefficient (Wildman–Crippen LogP) is 6.99. The maximum atomic E-state index is 12.9. The molecule has 1 fully saturated rings. The Morgan fingerprint density at radius 2 is 1.70 bits per heavy atom. The molecule has 0 saturated heterocycles. The van der Waals surface area contributed by atoms with Crippen LogP contribution in [0.2, 0.25) is 0 Å². The number of carboxylic acids is 1. The summed E-state index contributed by atoms with van der Waals surface area (Å²) in [7, 11) is 0. The first kappa shape index (κ1) is 22.7. The molecule has 0 heterocycles. The maximum absolute atomic E-state index is 12.9. The summed E-state index contributed by atoms with van der Waals surface area (Å²) < 4.78 is 38.8. The van der Waals surface area contributed by atoms with Crippen molar-refractivity contribution in [2.24, 2.45) is 11.8 Å². The van der Waals surface area contributed by atoms with E-state index < -0.39 is 17.7 Å². The van der Waals surface area contributed by atoms with Gasteiger partial charge >= 0.3 is 12.1 Å². The van der Waals surface area contributed by atoms with Crippen molar-refractivity contribution in [2.45, 2.75) is 56.5 Å². The maximum Gasteiger partial charge on any atom is 0.416 e. The van der Waals surface area contributed by atoms with Gasteiger partial charge in [0.2, 0.25) is 0 Å². The average molecular weight is 439 g/mol. The number of hydrogen-bond donors (Lipinski definition) is 1. The summed E-state index contributed by atoms with van der Waals surface area (Å²) in [5, 5.41) is 9.17. The quantitative estimate of drug-likeness (QED) is 0.451. The molecule has 162 valence electrons. The highest BCUT2D eigenvalue weighted by Gasteiger charge is 2.34. The van der Waals surface area contributed by atoms with E-state index in [1.807, 2.05) is 6.07 Å². The monoisotopic (exact) mass is 438 g/mol. The molecule has 0 radical (unpaired) electrons. The second-order valence-corrected chi connectivity index (χ2v) is 8.71. The number of rotatable bonds is 8. The molecule has 6 heteroatoms. The fourth-order valence-electron chi connectivity index (χ4n) is 4.54. The van der Waals surface area contributed by atoms with E-state index in [4.69, 9.17) is 16.7 Å². The van der Waals surface area contributed by atoms with Crippen LogP contribution in [-0.4, -0.2) is 16.5 Å². The van der Waals surface area contributed by atoms with Gasteiger partial charge in [-0.3, -0.25) is 0 Å². The molecule has 1 aliphatic rings. The van der Waals surface area contributed by atoms with Crippen LogP contribution < -0.4 is 0 Å². The van der Waals surface area contributed by atoms with Gasteiger partial charge in [-0.1, -0.05) is 30.3 Å². The van der Waals surface area contributed by atoms with Crippen LogP contribution in [-0.2, 0) is 19.0 Å². The SMILES string of the molecule is O=C(O)c1cccc(CCC[C@H]2CCC(Cl)[C@@H]2CCc2cccc(C(F)(F)F)c2)c1. The van der Waals surface area contributed by atoms with Crippen LogP contribution in [0, 0.1) is 11.8 Å². The molecular formula is C24H26ClF3O2. The van der Waals surface area contributed by atoms with Gasteiger partial charge in [-0.15, -0.1) is 11.6 Å². The van der Waals surface area contributed by atoms with Gasteiger partial charge in [0, 0.05) is 5.38 Å². The first-order valence-corrected chi connectivity index (χ1v) is 10.8. The number of hydrogen-bond acceptors (Lipinski definition) is 1. The zero-order valence-electron chi connectivity index (χ0n) is 16.7. The first-order valence-electron chi connectivity index (χ1n) is 10.4. The zero-order chi connectivity index (χ0) is 21.7. The Kier molecular flexibility index (Phi) is 7.45. The Hall–Kier alpha value is -2.01. The normalized spacial score (nSPS) is 21.7. The van der Waals surface area contributed by atoms with Crippen LogP contribution in [0.15, 0.2) is 48.5 Å². The lowest BCUT2D eigenvalue weighted by molar-refractivity contribution is -0.137. The number of carboxylic acid groups (broad SMARTS) is 1. The lowest BCUT2D eigenvalue weighted by atomic mass is 9.86. The summed E-state index contributed by atoms with van der Waals surface area (Å²) in [6, 6.07) is 12.6. The van der Waals surface area contributed by atoms with Crippen LogP contribution in [0.25, 0.3) is 0 Å². The molecule has 0 aliphatic heterocycles. The number of alkyl halides is 4. The van der Waals surface area contributed by atoms with Crippen LogP contribution in [0.1, 0.15) is 59.2 Å². The second-order valence-electron chi connectivity index (χ2n) is 8.15. The standard InChI is InChI=1S/C24H26ClF3O2/c25-22-13-11-18(7-1-4-16-5-2-8-19(14-16)23(29)30)21(22)12-10-17-6-3-9-20(15-17)24(26,27)28/h2-3,5-6,8-9,14-15,18,21-22H,1,4,7,10-13H2,(H,29,30)/t18-,21+,22?/m0/s1. The van der Waals surface area contributed by atoms with Crippen LogP contribution >= 0.6 is 11.6 Å². The number of carbonyl (C=O) groups is 1. The van der Waals surface area contributed by atoms with E-state index in [1.165, 1.54) is 12.1 Å². The van der Waals surface area contributed by atoms with Crippen molar-refractivity contribution in [3.8, 4) is 0 Å². The molecule has 0 spiro atoms. The van der Waals surface area contributed by atoms with Crippen molar-refractivity contribution in [3.05, 3.63) is 70.8 Å². The van der Waals surface area contributed by atoms with Gasteiger partial charge in [0.15, 0.2) is 0 Å². The van der Waals surface area contributed by atoms with Crippen molar-refractivity contribution >= 4 is 17.6 Å². The molecule has 1 aliphatic carbocycles. The number of aromatic carboxylic acids is 1. The highest BCUT2D eigenvalue weighted by molar-refractivity contribution is 6.21. The van der Waals surface area contributed by atoms with Gasteiger partial charge < -0.3 is 5.11 Å². The van der Waals surface area contributed by atoms with E-state index in [2.05, 4.69) is 0 Å². The first-order chi connectivity index (χ1) is 14.2. The summed E-state index contributed by atoms with van der Waals surface area (Å²) in [6.07, 6.45) is 1.78. The molecule has 2 aromatic rings. The van der Waals surface area contributed by atoms with Gasteiger partial charge in [0.25, 0.3) is 0 Å². The third kappa shape index (κ3) is 6.00. The van der Waals surface area contributed by atoms with E-state index in [-0.39, 0.29) is 5.38 Å². The minimum Gasteiger partial charge on any atom is -0.478 e. The lowest BCUT2D eigenvalue weighted by Gasteiger charge is -2.22. The number of benzene rings is 2. The predicted molar refractivity (Wildman–Crippen MR) is 112 cm³/mol. The van der Waals surface area contributed by atoms with Gasteiger partial charge in [0.05, 0.1) is 11.1 Å². The van der Waals surface area contributed by atoms with Crippen molar-refractivity contribution in [1.82, 2.24) is 0 Å². The zero-order valence-corrected chi connectivity index (χ0v) is 17.4. The Labute approximate surface area is 180 Å². The Bertz CT molecular complexity index is 866. The minimum absolute atomic E-state index is 0.0659.